The summed E-state index contributed by atoms with van der Waals surface area (Å²) in [4.78, 5) is 9.06. The van der Waals surface area contributed by atoms with E-state index in [1.54, 1.807) is 6.92 Å². The molecule has 21 heavy (non-hydrogen) atoms. The van der Waals surface area contributed by atoms with Crippen molar-refractivity contribution in [1.82, 2.24) is 4.31 Å². The van der Waals surface area contributed by atoms with Crippen LogP contribution in [0.2, 0.25) is 0 Å². The van der Waals surface area contributed by atoms with Crippen LogP contribution < -0.4 is 5.73 Å². The topological polar surface area (TPSA) is 107 Å². The number of hydrogen-bond donors (Lipinski definition) is 1. The summed E-state index contributed by atoms with van der Waals surface area (Å²) in [5.74, 6) is -1.22. The Morgan fingerprint density at radius 3 is 2.48 bits per heavy atom. The van der Waals surface area contributed by atoms with Crippen LogP contribution in [0.1, 0.15) is 26.7 Å². The molecule has 0 saturated heterocycles. The molecule has 1 aromatic carbocycles. The Labute approximate surface area is 122 Å². The predicted molar refractivity (Wildman–Crippen MR) is 76.8 cm³/mol. The van der Waals surface area contributed by atoms with Gasteiger partial charge in [-0.3, -0.25) is 10.1 Å². The Morgan fingerprint density at radius 1 is 1.48 bits per heavy atom. The highest BCUT2D eigenvalue weighted by molar-refractivity contribution is 7.89. The third-order valence-electron chi connectivity index (χ3n) is 3.23. The molecule has 0 aromatic heterocycles. The van der Waals surface area contributed by atoms with Gasteiger partial charge in [-0.15, -0.1) is 0 Å². The molecule has 7 nitrogen and oxygen atoms in total. The fourth-order valence-electron chi connectivity index (χ4n) is 1.96. The molecule has 1 aromatic rings. The molecule has 2 N–H and O–H groups in total. The van der Waals surface area contributed by atoms with Crippen molar-refractivity contribution in [2.75, 3.05) is 12.8 Å². The van der Waals surface area contributed by atoms with E-state index in [-0.39, 0.29) is 6.04 Å². The van der Waals surface area contributed by atoms with Crippen molar-refractivity contribution in [2.24, 2.45) is 0 Å². The van der Waals surface area contributed by atoms with Gasteiger partial charge in [0.15, 0.2) is 5.82 Å². The van der Waals surface area contributed by atoms with Crippen LogP contribution in [0.4, 0.5) is 15.8 Å². The summed E-state index contributed by atoms with van der Waals surface area (Å²) in [7, 11) is -2.82. The first-order chi connectivity index (χ1) is 9.62. The Hall–Kier alpha value is -1.74. The summed E-state index contributed by atoms with van der Waals surface area (Å²) in [6.07, 6.45) is 1.36. The molecule has 0 saturated carbocycles. The van der Waals surface area contributed by atoms with Crippen LogP contribution >= 0.6 is 0 Å². The monoisotopic (exact) mass is 319 g/mol. The highest BCUT2D eigenvalue weighted by Gasteiger charge is 2.31. The van der Waals surface area contributed by atoms with Crippen molar-refractivity contribution >= 4 is 21.4 Å². The first-order valence-electron chi connectivity index (χ1n) is 6.34. The Balaban J connectivity index is 3.36. The molecule has 1 unspecified atom stereocenters. The lowest BCUT2D eigenvalue weighted by molar-refractivity contribution is -0.385. The summed E-state index contributed by atoms with van der Waals surface area (Å²) in [5, 5.41) is 10.6. The standard InChI is InChI=1S/C12H18FN3O4S/c1-4-5-8(2)15(3)21(19,20)12-10(13)6-9(16(17)18)7-11(12)14/h6-8H,4-5,14H2,1-3H3. The zero-order valence-electron chi connectivity index (χ0n) is 12.0. The van der Waals surface area contributed by atoms with Gasteiger partial charge in [-0.25, -0.2) is 12.8 Å². The average molecular weight is 319 g/mol. The van der Waals surface area contributed by atoms with Crippen molar-refractivity contribution in [3.8, 4) is 0 Å². The quantitative estimate of drug-likeness (QED) is 0.491. The van der Waals surface area contributed by atoms with Crippen molar-refractivity contribution in [1.29, 1.82) is 0 Å². The first kappa shape index (κ1) is 17.3. The van der Waals surface area contributed by atoms with E-state index in [0.29, 0.717) is 12.5 Å². The molecule has 1 atom stereocenters. The van der Waals surface area contributed by atoms with Gasteiger partial charge in [-0.2, -0.15) is 4.31 Å². The molecule has 9 heteroatoms. The third kappa shape index (κ3) is 3.48. The van der Waals surface area contributed by atoms with E-state index in [2.05, 4.69) is 0 Å². The summed E-state index contributed by atoms with van der Waals surface area (Å²) in [6, 6.07) is 1.06. The number of hydrogen-bond acceptors (Lipinski definition) is 5. The second-order valence-corrected chi connectivity index (χ2v) is 6.70. The lowest BCUT2D eigenvalue weighted by Crippen LogP contribution is -2.35. The van der Waals surface area contributed by atoms with E-state index in [1.165, 1.54) is 7.05 Å². The van der Waals surface area contributed by atoms with E-state index >= 15 is 0 Å². The van der Waals surface area contributed by atoms with Gasteiger partial charge in [-0.05, 0) is 13.3 Å². The number of rotatable bonds is 6. The van der Waals surface area contributed by atoms with Gasteiger partial charge in [0.1, 0.15) is 4.90 Å². The van der Waals surface area contributed by atoms with Crippen LogP contribution in [0.15, 0.2) is 17.0 Å². The summed E-state index contributed by atoms with van der Waals surface area (Å²) in [5.41, 5.74) is 4.44. The number of nitrogens with two attached hydrogens (primary N) is 1. The predicted octanol–water partition coefficient (Wildman–Crippen LogP) is 2.13. The van der Waals surface area contributed by atoms with Gasteiger partial charge in [0, 0.05) is 19.2 Å². The SMILES string of the molecule is CCCC(C)N(C)S(=O)(=O)c1c(N)cc([N+](=O)[O-])cc1F. The van der Waals surface area contributed by atoms with Gasteiger partial charge in [-0.1, -0.05) is 13.3 Å². The first-order valence-corrected chi connectivity index (χ1v) is 7.78. The number of anilines is 1. The summed E-state index contributed by atoms with van der Waals surface area (Å²) < 4.78 is 39.8. The molecular formula is C12H18FN3O4S. The van der Waals surface area contributed by atoms with Crippen LogP contribution in [0.5, 0.6) is 0 Å². The lowest BCUT2D eigenvalue weighted by atomic mass is 10.2. The van der Waals surface area contributed by atoms with Gasteiger partial charge >= 0.3 is 0 Å². The molecule has 0 bridgehead atoms. The van der Waals surface area contributed by atoms with Gasteiger partial charge in [0.05, 0.1) is 16.7 Å². The Bertz CT molecular complexity index is 625. The maximum absolute atomic E-state index is 14.0. The van der Waals surface area contributed by atoms with E-state index in [4.69, 9.17) is 5.73 Å². The van der Waals surface area contributed by atoms with Gasteiger partial charge in [0.25, 0.3) is 5.69 Å². The van der Waals surface area contributed by atoms with Crippen LogP contribution in [0, 0.1) is 15.9 Å². The number of nitro benzene ring substituents is 1. The lowest BCUT2D eigenvalue weighted by Gasteiger charge is -2.24. The number of non-ortho nitro benzene ring substituents is 1. The zero-order chi connectivity index (χ0) is 16.4. The average Bonchev–Trinajstić information content (AvgIpc) is 2.36. The van der Waals surface area contributed by atoms with Crippen molar-refractivity contribution in [3.63, 3.8) is 0 Å². The fourth-order valence-corrected chi connectivity index (χ4v) is 3.49. The second kappa shape index (κ2) is 6.35. The molecule has 0 aliphatic heterocycles. The maximum Gasteiger partial charge on any atom is 0.274 e. The van der Waals surface area contributed by atoms with Crippen LogP contribution in [-0.2, 0) is 10.0 Å². The number of benzene rings is 1. The number of nitrogens with zero attached hydrogens (tertiary/aromatic N) is 2. The number of nitro groups is 1. The highest BCUT2D eigenvalue weighted by atomic mass is 32.2. The number of sulfonamides is 1. The number of nitrogen functional groups attached to an aromatic ring is 1. The minimum atomic E-state index is -4.15. The molecule has 118 valence electrons. The summed E-state index contributed by atoms with van der Waals surface area (Å²) in [6.45, 7) is 3.60. The largest absolute Gasteiger partial charge is 0.397 e. The van der Waals surface area contributed by atoms with Crippen LogP contribution in [0.3, 0.4) is 0 Å². The fraction of sp³-hybridized carbons (Fsp3) is 0.500. The van der Waals surface area contributed by atoms with Crippen molar-refractivity contribution in [3.05, 3.63) is 28.1 Å². The molecular weight excluding hydrogens is 301 g/mol. The molecule has 0 aliphatic rings. The molecule has 0 fully saturated rings. The zero-order valence-corrected chi connectivity index (χ0v) is 12.9. The number of halogens is 1. The van der Waals surface area contributed by atoms with Crippen molar-refractivity contribution in [2.45, 2.75) is 37.6 Å². The van der Waals surface area contributed by atoms with E-state index in [1.807, 2.05) is 6.92 Å². The van der Waals surface area contributed by atoms with E-state index in [9.17, 15) is 22.9 Å². The maximum atomic E-state index is 14.0. The summed E-state index contributed by atoms with van der Waals surface area (Å²) >= 11 is 0. The van der Waals surface area contributed by atoms with Gasteiger partial charge in [0.2, 0.25) is 10.0 Å². The normalized spacial score (nSPS) is 13.4. The molecule has 0 aliphatic carbocycles. The molecule has 1 rings (SSSR count). The molecule has 0 heterocycles. The second-order valence-electron chi connectivity index (χ2n) is 4.76. The van der Waals surface area contributed by atoms with Gasteiger partial charge < -0.3 is 5.73 Å². The smallest absolute Gasteiger partial charge is 0.274 e. The van der Waals surface area contributed by atoms with Crippen LogP contribution in [-0.4, -0.2) is 30.7 Å². The minimum absolute atomic E-state index is 0.339. The van der Waals surface area contributed by atoms with E-state index < -0.39 is 37.0 Å². The van der Waals surface area contributed by atoms with Crippen LogP contribution in [0.25, 0.3) is 0 Å². The Kier molecular flexibility index (Phi) is 5.24. The third-order valence-corrected chi connectivity index (χ3v) is 5.30. The Morgan fingerprint density at radius 2 is 2.05 bits per heavy atom. The molecule has 0 radical (unpaired) electrons. The minimum Gasteiger partial charge on any atom is -0.397 e. The molecule has 0 amide bonds. The van der Waals surface area contributed by atoms with E-state index in [0.717, 1.165) is 16.8 Å². The molecule has 0 spiro atoms. The highest BCUT2D eigenvalue weighted by Crippen LogP contribution is 2.30. The van der Waals surface area contributed by atoms with Crippen molar-refractivity contribution < 1.29 is 17.7 Å².